The van der Waals surface area contributed by atoms with Gasteiger partial charge in [0.1, 0.15) is 0 Å². The van der Waals surface area contributed by atoms with Gasteiger partial charge in [0, 0.05) is 5.92 Å². The number of ketones is 1. The predicted octanol–water partition coefficient (Wildman–Crippen LogP) is 3.86. The second-order valence-corrected chi connectivity index (χ2v) is 6.23. The third-order valence-corrected chi connectivity index (χ3v) is 4.64. The Morgan fingerprint density at radius 2 is 1.76 bits per heavy atom. The minimum absolute atomic E-state index is 0.203. The van der Waals surface area contributed by atoms with Crippen molar-refractivity contribution >= 4 is 16.6 Å². The average Bonchev–Trinajstić information content (AvgIpc) is 2.55. The molecule has 0 radical (unpaired) electrons. The maximum atomic E-state index is 12.4. The van der Waals surface area contributed by atoms with Gasteiger partial charge in [-0.2, -0.15) is 0 Å². The molecular weight excluding hydrogens is 258 g/mol. The average molecular weight is 281 g/mol. The molecule has 3 rings (SSSR count). The van der Waals surface area contributed by atoms with E-state index in [1.165, 1.54) is 30.0 Å². The monoisotopic (exact) mass is 281 g/mol. The van der Waals surface area contributed by atoms with E-state index in [1.54, 1.807) is 0 Å². The number of Topliss-reactive ketones (excluding diaryl/α,β-unsaturated/α-hetero) is 1. The molecule has 0 saturated heterocycles. The molecule has 2 heteroatoms. The number of rotatable bonds is 4. The summed E-state index contributed by atoms with van der Waals surface area (Å²) in [6.07, 6.45) is 6.34. The van der Waals surface area contributed by atoms with Crippen LogP contribution in [0.2, 0.25) is 0 Å². The van der Waals surface area contributed by atoms with Crippen LogP contribution in [-0.2, 0) is 11.2 Å². The van der Waals surface area contributed by atoms with Gasteiger partial charge >= 0.3 is 0 Å². The summed E-state index contributed by atoms with van der Waals surface area (Å²) in [6, 6.07) is 14.3. The molecule has 0 amide bonds. The lowest BCUT2D eigenvalue weighted by Gasteiger charge is -2.23. The largest absolute Gasteiger partial charge is 0.321 e. The Bertz CT molecular complexity index is 628. The first kappa shape index (κ1) is 14.3. The molecule has 1 fully saturated rings. The van der Waals surface area contributed by atoms with Crippen LogP contribution in [0.25, 0.3) is 10.8 Å². The molecule has 1 aliphatic rings. The van der Waals surface area contributed by atoms with Gasteiger partial charge in [-0.1, -0.05) is 61.7 Å². The molecule has 0 aliphatic heterocycles. The molecule has 2 nitrogen and oxygen atoms in total. The molecule has 1 saturated carbocycles. The zero-order chi connectivity index (χ0) is 14.7. The molecule has 1 aliphatic carbocycles. The highest BCUT2D eigenvalue weighted by Gasteiger charge is 2.25. The van der Waals surface area contributed by atoms with Gasteiger partial charge < -0.3 is 5.73 Å². The van der Waals surface area contributed by atoms with Crippen LogP contribution in [0.1, 0.15) is 37.7 Å². The maximum Gasteiger partial charge on any atom is 0.152 e. The molecule has 2 N–H and O–H groups in total. The molecule has 0 spiro atoms. The normalized spacial score (nSPS) is 17.8. The third-order valence-electron chi connectivity index (χ3n) is 4.64. The van der Waals surface area contributed by atoms with Crippen LogP contribution in [0.5, 0.6) is 0 Å². The molecule has 2 aromatic carbocycles. The Hall–Kier alpha value is -1.67. The summed E-state index contributed by atoms with van der Waals surface area (Å²) in [6.45, 7) is 0. The molecule has 0 unspecified atom stereocenters. The van der Waals surface area contributed by atoms with Crippen molar-refractivity contribution in [2.24, 2.45) is 11.7 Å². The van der Waals surface area contributed by atoms with E-state index in [4.69, 9.17) is 5.73 Å². The molecule has 21 heavy (non-hydrogen) atoms. The van der Waals surface area contributed by atoms with Crippen LogP contribution in [0, 0.1) is 5.92 Å². The summed E-state index contributed by atoms with van der Waals surface area (Å²) in [5.74, 6) is 0.470. The summed E-state index contributed by atoms with van der Waals surface area (Å²) in [4.78, 5) is 12.4. The minimum atomic E-state index is -0.353. The van der Waals surface area contributed by atoms with Gasteiger partial charge in [-0.15, -0.1) is 0 Å². The van der Waals surface area contributed by atoms with E-state index in [2.05, 4.69) is 30.3 Å². The van der Waals surface area contributed by atoms with Crippen molar-refractivity contribution < 1.29 is 4.79 Å². The Morgan fingerprint density at radius 3 is 2.52 bits per heavy atom. The van der Waals surface area contributed by atoms with Gasteiger partial charge in [0.15, 0.2) is 5.78 Å². The van der Waals surface area contributed by atoms with E-state index in [9.17, 15) is 4.79 Å². The second kappa shape index (κ2) is 6.40. The number of carbonyl (C=O) groups excluding carboxylic acids is 1. The van der Waals surface area contributed by atoms with Gasteiger partial charge in [0.2, 0.25) is 0 Å². The molecule has 0 heterocycles. The lowest BCUT2D eigenvalue weighted by molar-refractivity contribution is -0.125. The van der Waals surface area contributed by atoms with Crippen molar-refractivity contribution in [2.45, 2.75) is 44.6 Å². The highest BCUT2D eigenvalue weighted by Crippen LogP contribution is 2.26. The summed E-state index contributed by atoms with van der Waals surface area (Å²) in [5.41, 5.74) is 7.33. The van der Waals surface area contributed by atoms with E-state index in [0.29, 0.717) is 6.42 Å². The van der Waals surface area contributed by atoms with Crippen molar-refractivity contribution in [3.8, 4) is 0 Å². The first-order valence-electron chi connectivity index (χ1n) is 8.01. The van der Waals surface area contributed by atoms with Crippen LogP contribution in [0.3, 0.4) is 0 Å². The van der Waals surface area contributed by atoms with Crippen LogP contribution >= 0.6 is 0 Å². The van der Waals surface area contributed by atoms with Gasteiger partial charge in [0.05, 0.1) is 6.04 Å². The molecular formula is C19H23NO. The van der Waals surface area contributed by atoms with Crippen molar-refractivity contribution in [3.63, 3.8) is 0 Å². The molecule has 0 bridgehead atoms. The van der Waals surface area contributed by atoms with E-state index in [1.807, 2.05) is 12.1 Å². The first-order valence-corrected chi connectivity index (χ1v) is 8.01. The Balaban J connectivity index is 1.70. The third kappa shape index (κ3) is 3.33. The van der Waals surface area contributed by atoms with Gasteiger partial charge in [-0.3, -0.25) is 4.79 Å². The lowest BCUT2D eigenvalue weighted by atomic mass is 9.82. The Kier molecular flexibility index (Phi) is 4.35. The molecule has 1 atom stereocenters. The smallest absolute Gasteiger partial charge is 0.152 e. The fraction of sp³-hybridized carbons (Fsp3) is 0.421. The Morgan fingerprint density at radius 1 is 1.05 bits per heavy atom. The summed E-state index contributed by atoms with van der Waals surface area (Å²) >= 11 is 0. The summed E-state index contributed by atoms with van der Waals surface area (Å²) < 4.78 is 0. The zero-order valence-corrected chi connectivity index (χ0v) is 12.4. The minimum Gasteiger partial charge on any atom is -0.321 e. The van der Waals surface area contributed by atoms with Crippen LogP contribution in [-0.4, -0.2) is 11.8 Å². The van der Waals surface area contributed by atoms with Crippen LogP contribution in [0.15, 0.2) is 42.5 Å². The summed E-state index contributed by atoms with van der Waals surface area (Å²) in [7, 11) is 0. The number of benzene rings is 2. The summed E-state index contributed by atoms with van der Waals surface area (Å²) in [5, 5.41) is 2.45. The number of carbonyl (C=O) groups is 1. The van der Waals surface area contributed by atoms with E-state index < -0.39 is 0 Å². The predicted molar refractivity (Wildman–Crippen MR) is 87.2 cm³/mol. The number of hydrogen-bond acceptors (Lipinski definition) is 2. The SMILES string of the molecule is N[C@@H](Cc1ccc2ccccc2c1)C(=O)C1CCCCC1. The molecule has 110 valence electrons. The van der Waals surface area contributed by atoms with Gasteiger partial charge in [0.25, 0.3) is 0 Å². The maximum absolute atomic E-state index is 12.4. The molecule has 0 aromatic heterocycles. The fourth-order valence-corrected chi connectivity index (χ4v) is 3.41. The van der Waals surface area contributed by atoms with E-state index >= 15 is 0 Å². The zero-order valence-electron chi connectivity index (χ0n) is 12.4. The van der Waals surface area contributed by atoms with Crippen molar-refractivity contribution in [2.75, 3.05) is 0 Å². The lowest BCUT2D eigenvalue weighted by Crippen LogP contribution is -2.38. The van der Waals surface area contributed by atoms with Gasteiger partial charge in [-0.05, 0) is 35.6 Å². The Labute approximate surface area is 126 Å². The fourth-order valence-electron chi connectivity index (χ4n) is 3.41. The quantitative estimate of drug-likeness (QED) is 0.924. The number of fused-ring (bicyclic) bond motifs is 1. The standard InChI is InChI=1S/C19H23NO/c20-18(19(21)16-7-2-1-3-8-16)13-14-10-11-15-6-4-5-9-17(15)12-14/h4-6,9-12,16,18H,1-3,7-8,13,20H2/t18-/m0/s1. The molecule has 2 aromatic rings. The van der Waals surface area contributed by atoms with Crippen molar-refractivity contribution in [1.82, 2.24) is 0 Å². The number of hydrogen-bond donors (Lipinski definition) is 1. The second-order valence-electron chi connectivity index (χ2n) is 6.23. The van der Waals surface area contributed by atoms with Crippen molar-refractivity contribution in [1.29, 1.82) is 0 Å². The van der Waals surface area contributed by atoms with Crippen LogP contribution in [0.4, 0.5) is 0 Å². The number of nitrogens with two attached hydrogens (primary N) is 1. The van der Waals surface area contributed by atoms with Crippen molar-refractivity contribution in [3.05, 3.63) is 48.0 Å². The van der Waals surface area contributed by atoms with E-state index in [-0.39, 0.29) is 17.7 Å². The first-order chi connectivity index (χ1) is 10.2. The van der Waals surface area contributed by atoms with Gasteiger partial charge in [-0.25, -0.2) is 0 Å². The van der Waals surface area contributed by atoms with E-state index in [0.717, 1.165) is 18.4 Å². The highest BCUT2D eigenvalue weighted by atomic mass is 16.1. The topological polar surface area (TPSA) is 43.1 Å². The highest BCUT2D eigenvalue weighted by molar-refractivity contribution is 5.87. The van der Waals surface area contributed by atoms with Crippen LogP contribution < -0.4 is 5.73 Å².